The van der Waals surface area contributed by atoms with Gasteiger partial charge in [-0.3, -0.25) is 4.79 Å². The summed E-state index contributed by atoms with van der Waals surface area (Å²) in [7, 11) is -3.76. The van der Waals surface area contributed by atoms with Gasteiger partial charge < -0.3 is 22.7 Å². The Balaban J connectivity index is 1.09. The number of benzene rings is 3. The lowest BCUT2D eigenvalue weighted by Crippen LogP contribution is -2.57. The van der Waals surface area contributed by atoms with Gasteiger partial charge in [0.15, 0.2) is 17.5 Å². The summed E-state index contributed by atoms with van der Waals surface area (Å²) in [6.07, 6.45) is 1.01. The molecule has 8 aromatic rings. The maximum absolute atomic E-state index is 15.5. The molecule has 5 aromatic heterocycles. The van der Waals surface area contributed by atoms with Gasteiger partial charge in [-0.25, -0.2) is 13.2 Å². The molecule has 0 aliphatic carbocycles. The highest BCUT2D eigenvalue weighted by atomic mass is 32.1. The summed E-state index contributed by atoms with van der Waals surface area (Å²) in [5.41, 5.74) is 7.15. The van der Waals surface area contributed by atoms with Crippen molar-refractivity contribution in [3.63, 3.8) is 0 Å². The Kier molecular flexibility index (Phi) is 14.1. The maximum Gasteiger partial charge on any atom is 0.521 e. The highest BCUT2D eigenvalue weighted by molar-refractivity contribution is 7.29. The van der Waals surface area contributed by atoms with Crippen LogP contribution in [-0.2, 0) is 24.6 Å². The molecule has 340 valence electrons. The van der Waals surface area contributed by atoms with Crippen molar-refractivity contribution in [3.8, 4) is 45.8 Å². The predicted molar refractivity (Wildman–Crippen MR) is 270 cm³/mol. The zero-order chi connectivity index (χ0) is 47.0. The molecule has 0 spiro atoms. The van der Waals surface area contributed by atoms with Crippen LogP contribution >= 0.6 is 45.3 Å². The molecule has 0 radical (unpaired) electrons. The second-order valence-electron chi connectivity index (χ2n) is 15.8. The monoisotopic (exact) mass is 979 g/mol. The van der Waals surface area contributed by atoms with E-state index < -0.39 is 44.0 Å². The van der Waals surface area contributed by atoms with E-state index in [2.05, 4.69) is 92.9 Å². The van der Waals surface area contributed by atoms with E-state index in [0.717, 1.165) is 49.3 Å². The minimum absolute atomic E-state index is 0.143. The van der Waals surface area contributed by atoms with Gasteiger partial charge in [-0.05, 0) is 144 Å². The molecule has 0 unspecified atom stereocenters. The van der Waals surface area contributed by atoms with Gasteiger partial charge in [0.2, 0.25) is 0 Å². The quantitative estimate of drug-likeness (QED) is 0.0417. The number of nitrogens with zero attached hydrogens (tertiary/aromatic N) is 3. The molecule has 66 heavy (non-hydrogen) atoms. The Morgan fingerprint density at radius 2 is 1.23 bits per heavy atom. The van der Waals surface area contributed by atoms with Crippen LogP contribution in [0.4, 0.5) is 18.9 Å². The van der Waals surface area contributed by atoms with Crippen molar-refractivity contribution in [2.45, 2.75) is 61.9 Å². The number of nitriles is 1. The molecule has 0 saturated carbocycles. The molecule has 0 fully saturated rings. The van der Waals surface area contributed by atoms with E-state index in [0.29, 0.717) is 4.88 Å². The Labute approximate surface area is 399 Å². The van der Waals surface area contributed by atoms with E-state index in [9.17, 15) is 18.8 Å². The van der Waals surface area contributed by atoms with Crippen LogP contribution in [0.5, 0.6) is 0 Å². The smallest absolute Gasteiger partial charge is 0.373 e. The number of anilines is 1. The molecule has 3 aromatic carbocycles. The lowest BCUT2D eigenvalue weighted by Gasteiger charge is -2.33. The SMILES string of the molecule is CCO[Si](CN(C(=O)/C(C#N)=C/c1sc(-c2sc(-c3sc(-c4sc(-c5ccc6c(c5)c5ccccc5n6CC)cc4C)cc3C)cc2C)cc1C)c1ccc(F)c(F)c1F)(OCC)OCC. The lowest BCUT2D eigenvalue weighted by molar-refractivity contribution is -0.114. The summed E-state index contributed by atoms with van der Waals surface area (Å²) in [5, 5.41) is 13.0. The third-order valence-electron chi connectivity index (χ3n) is 11.4. The molecule has 0 saturated heterocycles. The standard InChI is InChI=1S/C51H48F3N3O4S4Si/c1-9-56-38-16-14-13-15-35(38)36-25-33(17-19-39(36)56)42-22-30(6)49(63-42)44-24-32(8)50(65-44)45-23-31(7)48(64-45)43-21-29(5)41(62-43)26-34(27-55)51(58)57(40-20-18-37(52)46(53)47(40)54)28-66(59-10-2,60-11-3)61-12-4/h13-26H,9-12,28H2,1-8H3/b34-26+. The van der Waals surface area contributed by atoms with Crippen LogP contribution in [0.15, 0.2) is 84.4 Å². The van der Waals surface area contributed by atoms with Crippen molar-refractivity contribution < 1.29 is 31.2 Å². The zero-order valence-corrected chi connectivity index (χ0v) is 42.1. The van der Waals surface area contributed by atoms with Crippen molar-refractivity contribution in [1.29, 1.82) is 5.26 Å². The van der Waals surface area contributed by atoms with Crippen LogP contribution < -0.4 is 4.90 Å². The third-order valence-corrected chi connectivity index (χ3v) is 19.7. The Morgan fingerprint density at radius 3 is 1.82 bits per heavy atom. The van der Waals surface area contributed by atoms with Gasteiger partial charge in [0.05, 0.1) is 11.9 Å². The number of aromatic nitrogens is 1. The zero-order valence-electron chi connectivity index (χ0n) is 37.9. The molecule has 0 aliphatic rings. The fraction of sp³-hybridized carbons (Fsp3) is 0.255. The largest absolute Gasteiger partial charge is 0.521 e. The molecule has 0 aliphatic heterocycles. The van der Waals surface area contributed by atoms with Crippen LogP contribution in [0.25, 0.3) is 67.6 Å². The summed E-state index contributed by atoms with van der Waals surface area (Å²) in [4.78, 5) is 24.0. The van der Waals surface area contributed by atoms with Gasteiger partial charge in [-0.15, -0.1) is 45.3 Å². The average molecular weight is 980 g/mol. The molecule has 15 heteroatoms. The van der Waals surface area contributed by atoms with Gasteiger partial charge in [0.25, 0.3) is 5.91 Å². The number of hydrogen-bond acceptors (Lipinski definition) is 9. The molecule has 0 N–H and O–H groups in total. The summed E-state index contributed by atoms with van der Waals surface area (Å²) in [5.74, 6) is -5.69. The van der Waals surface area contributed by atoms with Crippen LogP contribution in [0.2, 0.25) is 0 Å². The first-order chi connectivity index (χ1) is 31.7. The van der Waals surface area contributed by atoms with Crippen molar-refractivity contribution >= 4 is 93.6 Å². The number of para-hydroxylation sites is 1. The number of amides is 1. The van der Waals surface area contributed by atoms with Crippen molar-refractivity contribution in [2.24, 2.45) is 0 Å². The van der Waals surface area contributed by atoms with E-state index in [-0.39, 0.29) is 25.4 Å². The number of fused-ring (bicyclic) bond motifs is 3. The topological polar surface area (TPSA) is 76.7 Å². The lowest BCUT2D eigenvalue weighted by atomic mass is 10.1. The van der Waals surface area contributed by atoms with Gasteiger partial charge in [0, 0.05) is 87.2 Å². The van der Waals surface area contributed by atoms with Crippen molar-refractivity contribution in [1.82, 2.24) is 4.57 Å². The molecule has 7 nitrogen and oxygen atoms in total. The Bertz CT molecular complexity index is 3190. The van der Waals surface area contributed by atoms with E-state index in [4.69, 9.17) is 13.3 Å². The molecule has 0 atom stereocenters. The second-order valence-corrected chi connectivity index (χ2v) is 22.5. The van der Waals surface area contributed by atoms with Crippen LogP contribution in [0, 0.1) is 56.5 Å². The minimum Gasteiger partial charge on any atom is -0.373 e. The number of aryl methyl sites for hydroxylation is 5. The molecular formula is C51H48F3N3O4S4Si. The summed E-state index contributed by atoms with van der Waals surface area (Å²) >= 11 is 6.74. The summed E-state index contributed by atoms with van der Waals surface area (Å²) < 4.78 is 64.5. The van der Waals surface area contributed by atoms with Gasteiger partial charge >= 0.3 is 8.80 Å². The van der Waals surface area contributed by atoms with Crippen molar-refractivity contribution in [3.05, 3.63) is 129 Å². The molecular weight excluding hydrogens is 932 g/mol. The third kappa shape index (κ3) is 8.89. The van der Waals surface area contributed by atoms with E-state index in [1.165, 1.54) is 75.4 Å². The van der Waals surface area contributed by atoms with E-state index in [1.807, 2.05) is 30.4 Å². The predicted octanol–water partition coefficient (Wildman–Crippen LogP) is 14.9. The van der Waals surface area contributed by atoms with Gasteiger partial charge in [-0.1, -0.05) is 24.3 Å². The van der Waals surface area contributed by atoms with Crippen LogP contribution in [0.3, 0.4) is 0 Å². The number of hydrogen-bond donors (Lipinski definition) is 0. The maximum atomic E-state index is 15.5. The first-order valence-corrected chi connectivity index (χ1v) is 26.9. The fourth-order valence-electron chi connectivity index (χ4n) is 8.37. The fourth-order valence-corrected chi connectivity index (χ4v) is 16.0. The number of carbonyl (C=O) groups excluding carboxylic acids is 1. The first kappa shape index (κ1) is 47.3. The Morgan fingerprint density at radius 1 is 0.682 bits per heavy atom. The molecule has 5 heterocycles. The van der Waals surface area contributed by atoms with Crippen LogP contribution in [0.1, 0.15) is 54.8 Å². The number of carbonyl (C=O) groups is 1. The highest BCUT2D eigenvalue weighted by Crippen LogP contribution is 2.49. The Hall–Kier alpha value is -5.15. The highest BCUT2D eigenvalue weighted by Gasteiger charge is 2.45. The van der Waals surface area contributed by atoms with Crippen LogP contribution in [-0.4, -0.2) is 45.3 Å². The molecule has 0 bridgehead atoms. The van der Waals surface area contributed by atoms with Gasteiger partial charge in [0.1, 0.15) is 11.6 Å². The molecule has 8 rings (SSSR count). The average Bonchev–Trinajstić information content (AvgIpc) is 4.13. The number of halogens is 3. The number of rotatable bonds is 16. The molecule has 1 amide bonds. The van der Waals surface area contributed by atoms with E-state index >= 15 is 4.39 Å². The first-order valence-electron chi connectivity index (χ1n) is 21.7. The second kappa shape index (κ2) is 19.6. The summed E-state index contributed by atoms with van der Waals surface area (Å²) in [6.45, 7) is 17.0. The van der Waals surface area contributed by atoms with E-state index in [1.54, 1.807) is 43.4 Å². The number of thiophene rings is 4. The summed E-state index contributed by atoms with van der Waals surface area (Å²) in [6, 6.07) is 27.9. The normalized spacial score (nSPS) is 12.2. The minimum atomic E-state index is -3.76. The van der Waals surface area contributed by atoms with Gasteiger partial charge in [-0.2, -0.15) is 5.26 Å². The van der Waals surface area contributed by atoms with Crippen molar-refractivity contribution in [2.75, 3.05) is 30.9 Å².